The first kappa shape index (κ1) is 22.0. The number of carbonyl (C=O) groups is 4. The molecule has 8 nitrogen and oxygen atoms in total. The molecule has 1 unspecified atom stereocenters. The summed E-state index contributed by atoms with van der Waals surface area (Å²) in [6.45, 7) is 4.79. The van der Waals surface area contributed by atoms with E-state index < -0.39 is 42.4 Å². The second kappa shape index (κ2) is 8.99. The van der Waals surface area contributed by atoms with Gasteiger partial charge in [0.05, 0.1) is 6.61 Å². The Hall–Kier alpha value is -3.68. The fourth-order valence-electron chi connectivity index (χ4n) is 3.23. The number of Topliss-reactive ketones (excluding diaryl/α,β-unsaturated/α-hetero) is 1. The minimum absolute atomic E-state index is 0.359. The number of rotatable bonds is 8. The third-order valence-electron chi connectivity index (χ3n) is 5.04. The Labute approximate surface area is 180 Å². The van der Waals surface area contributed by atoms with Crippen molar-refractivity contribution in [1.29, 1.82) is 0 Å². The lowest BCUT2D eigenvalue weighted by Gasteiger charge is -2.22. The molecule has 8 heteroatoms. The molecule has 0 aromatic heterocycles. The zero-order valence-electron chi connectivity index (χ0n) is 17.6. The summed E-state index contributed by atoms with van der Waals surface area (Å²) < 4.78 is 10.3. The van der Waals surface area contributed by atoms with Gasteiger partial charge >= 0.3 is 12.0 Å². The minimum Gasteiger partial charge on any atom is -0.494 e. The number of carbonyl (C=O) groups excluding carboxylic acids is 4. The molecule has 0 bridgehead atoms. The zero-order valence-corrected chi connectivity index (χ0v) is 17.6. The van der Waals surface area contributed by atoms with E-state index in [1.165, 1.54) is 0 Å². The smallest absolute Gasteiger partial charge is 0.326 e. The Morgan fingerprint density at radius 3 is 2.29 bits per heavy atom. The number of ether oxygens (including phenoxy) is 2. The van der Waals surface area contributed by atoms with Crippen LogP contribution in [0.2, 0.25) is 0 Å². The number of imide groups is 1. The number of urea groups is 1. The Morgan fingerprint density at radius 2 is 1.68 bits per heavy atom. The van der Waals surface area contributed by atoms with Crippen molar-refractivity contribution < 1.29 is 28.7 Å². The summed E-state index contributed by atoms with van der Waals surface area (Å²) >= 11 is 0. The van der Waals surface area contributed by atoms with Crippen molar-refractivity contribution in [1.82, 2.24) is 10.2 Å². The molecule has 1 aliphatic heterocycles. The second-order valence-electron chi connectivity index (χ2n) is 7.35. The molecule has 3 rings (SSSR count). The topological polar surface area (TPSA) is 102 Å². The fraction of sp³-hybridized carbons (Fsp3) is 0.304. The summed E-state index contributed by atoms with van der Waals surface area (Å²) in [5, 5.41) is 2.63. The molecular weight excluding hydrogens is 400 g/mol. The van der Waals surface area contributed by atoms with E-state index in [9.17, 15) is 19.2 Å². The maximum absolute atomic E-state index is 12.9. The van der Waals surface area contributed by atoms with Crippen molar-refractivity contribution in [2.45, 2.75) is 26.3 Å². The van der Waals surface area contributed by atoms with E-state index in [2.05, 4.69) is 5.32 Å². The summed E-state index contributed by atoms with van der Waals surface area (Å²) in [6.07, 6.45) is 0. The van der Waals surface area contributed by atoms with Gasteiger partial charge in [0.1, 0.15) is 17.8 Å². The molecule has 1 saturated heterocycles. The average molecular weight is 424 g/mol. The van der Waals surface area contributed by atoms with Crippen molar-refractivity contribution in [3.63, 3.8) is 0 Å². The van der Waals surface area contributed by atoms with Crippen LogP contribution in [0.25, 0.3) is 0 Å². The molecule has 1 heterocycles. The van der Waals surface area contributed by atoms with Gasteiger partial charge in [-0.3, -0.25) is 19.3 Å². The highest BCUT2D eigenvalue weighted by molar-refractivity contribution is 6.09. The lowest BCUT2D eigenvalue weighted by atomic mass is 9.91. The fourth-order valence-corrected chi connectivity index (χ4v) is 3.23. The molecule has 1 fully saturated rings. The Kier molecular flexibility index (Phi) is 6.39. The quantitative estimate of drug-likeness (QED) is 0.397. The highest BCUT2D eigenvalue weighted by Gasteiger charge is 2.49. The second-order valence-corrected chi connectivity index (χ2v) is 7.35. The number of nitrogens with zero attached hydrogens (tertiary/aromatic N) is 1. The normalized spacial score (nSPS) is 18.0. The summed E-state index contributed by atoms with van der Waals surface area (Å²) in [4.78, 5) is 50.4. The van der Waals surface area contributed by atoms with Gasteiger partial charge < -0.3 is 14.8 Å². The van der Waals surface area contributed by atoms with Gasteiger partial charge in [-0.25, -0.2) is 4.79 Å². The number of hydrogen-bond acceptors (Lipinski definition) is 6. The maximum atomic E-state index is 12.9. The van der Waals surface area contributed by atoms with Crippen LogP contribution in [-0.4, -0.2) is 48.3 Å². The van der Waals surface area contributed by atoms with Crippen molar-refractivity contribution in [3.8, 4) is 5.75 Å². The van der Waals surface area contributed by atoms with Crippen LogP contribution in [0.1, 0.15) is 35.3 Å². The molecule has 31 heavy (non-hydrogen) atoms. The number of aryl methyl sites for hydroxylation is 1. The van der Waals surface area contributed by atoms with Crippen molar-refractivity contribution >= 4 is 23.7 Å². The molecular formula is C23H24N2O6. The highest BCUT2D eigenvalue weighted by atomic mass is 16.5. The van der Waals surface area contributed by atoms with Crippen LogP contribution in [0.4, 0.5) is 4.79 Å². The van der Waals surface area contributed by atoms with Gasteiger partial charge in [0.2, 0.25) is 0 Å². The van der Waals surface area contributed by atoms with Crippen molar-refractivity contribution in [2.75, 3.05) is 19.8 Å². The van der Waals surface area contributed by atoms with Crippen LogP contribution in [0.5, 0.6) is 5.75 Å². The summed E-state index contributed by atoms with van der Waals surface area (Å²) in [5.41, 5.74) is 0.710. The molecule has 1 N–H and O–H groups in total. The van der Waals surface area contributed by atoms with Crippen LogP contribution in [0.3, 0.4) is 0 Å². The average Bonchev–Trinajstić information content (AvgIpc) is 2.97. The lowest BCUT2D eigenvalue weighted by Crippen LogP contribution is -2.41. The van der Waals surface area contributed by atoms with Gasteiger partial charge in [0.15, 0.2) is 12.4 Å². The SMILES string of the molecule is CCOc1ccc(C(=O)COC(=O)CN2C(=O)NC(C)(c3ccc(C)cc3)C2=O)cc1. The molecule has 0 radical (unpaired) electrons. The molecule has 1 atom stereocenters. The maximum Gasteiger partial charge on any atom is 0.326 e. The van der Waals surface area contributed by atoms with E-state index in [1.807, 2.05) is 26.0 Å². The van der Waals surface area contributed by atoms with E-state index in [0.717, 1.165) is 10.5 Å². The largest absolute Gasteiger partial charge is 0.494 e. The number of hydrogen-bond donors (Lipinski definition) is 1. The minimum atomic E-state index is -1.27. The van der Waals surface area contributed by atoms with E-state index in [0.29, 0.717) is 23.5 Å². The van der Waals surface area contributed by atoms with Crippen molar-refractivity contribution in [3.05, 3.63) is 65.2 Å². The number of esters is 1. The number of benzene rings is 2. The first-order chi connectivity index (χ1) is 14.7. The van der Waals surface area contributed by atoms with E-state index in [-0.39, 0.29) is 0 Å². The van der Waals surface area contributed by atoms with Gasteiger partial charge in [-0.15, -0.1) is 0 Å². The summed E-state index contributed by atoms with van der Waals surface area (Å²) in [6, 6.07) is 12.9. The van der Waals surface area contributed by atoms with E-state index in [4.69, 9.17) is 9.47 Å². The molecule has 0 saturated carbocycles. The van der Waals surface area contributed by atoms with E-state index in [1.54, 1.807) is 43.3 Å². The Balaban J connectivity index is 1.58. The lowest BCUT2D eigenvalue weighted by molar-refractivity contribution is -0.146. The molecule has 2 aromatic carbocycles. The predicted molar refractivity (Wildman–Crippen MR) is 112 cm³/mol. The Morgan fingerprint density at radius 1 is 1.03 bits per heavy atom. The molecule has 2 aromatic rings. The number of nitrogens with one attached hydrogen (secondary N) is 1. The molecule has 1 aliphatic rings. The van der Waals surface area contributed by atoms with Crippen LogP contribution in [0.15, 0.2) is 48.5 Å². The zero-order chi connectivity index (χ0) is 22.6. The molecule has 3 amide bonds. The third-order valence-corrected chi connectivity index (χ3v) is 5.04. The predicted octanol–water partition coefficient (Wildman–Crippen LogP) is 2.59. The van der Waals surface area contributed by atoms with Gasteiger partial charge in [0, 0.05) is 5.56 Å². The van der Waals surface area contributed by atoms with Crippen LogP contribution in [-0.2, 0) is 19.9 Å². The molecule has 0 aliphatic carbocycles. The number of amides is 3. The molecule has 0 spiro atoms. The Bertz CT molecular complexity index is 1000. The standard InChI is InChI=1S/C23H24N2O6/c1-4-30-18-11-7-16(8-12-18)19(26)14-31-20(27)13-25-21(28)23(3,24-22(25)29)17-9-5-15(2)6-10-17/h5-12H,4,13-14H2,1-3H3,(H,24,29). The van der Waals surface area contributed by atoms with Gasteiger partial charge in [-0.1, -0.05) is 29.8 Å². The van der Waals surface area contributed by atoms with Gasteiger partial charge in [-0.2, -0.15) is 0 Å². The van der Waals surface area contributed by atoms with Crippen LogP contribution in [0, 0.1) is 6.92 Å². The third kappa shape index (κ3) is 4.74. The summed E-state index contributed by atoms with van der Waals surface area (Å²) in [7, 11) is 0. The first-order valence-corrected chi connectivity index (χ1v) is 9.87. The van der Waals surface area contributed by atoms with Gasteiger partial charge in [-0.05, 0) is 50.6 Å². The first-order valence-electron chi connectivity index (χ1n) is 9.87. The van der Waals surface area contributed by atoms with E-state index >= 15 is 0 Å². The number of ketones is 1. The summed E-state index contributed by atoms with van der Waals surface area (Å²) in [5.74, 6) is -1.18. The van der Waals surface area contributed by atoms with Crippen LogP contribution >= 0.6 is 0 Å². The highest BCUT2D eigenvalue weighted by Crippen LogP contribution is 2.28. The van der Waals surface area contributed by atoms with Gasteiger partial charge in [0.25, 0.3) is 5.91 Å². The van der Waals surface area contributed by atoms with Crippen LogP contribution < -0.4 is 10.1 Å². The van der Waals surface area contributed by atoms with Crippen molar-refractivity contribution in [2.24, 2.45) is 0 Å². The molecule has 162 valence electrons. The monoisotopic (exact) mass is 424 g/mol.